The zero-order valence-electron chi connectivity index (χ0n) is 9.51. The number of aromatic nitrogens is 4. The van der Waals surface area contributed by atoms with E-state index in [1.54, 1.807) is 13.1 Å². The molecule has 17 heavy (non-hydrogen) atoms. The standard InChI is InChI=1S/C9H13N5O2S/c1-3-7-4-9(12-11-7)13-17(15,16)8-5-10-14(2)6-8/h4-6H,3H2,1-2H3,(H2,11,12,13). The second-order valence-electron chi connectivity index (χ2n) is 3.59. The number of sulfonamides is 1. The van der Waals surface area contributed by atoms with Crippen molar-refractivity contribution in [3.05, 3.63) is 24.2 Å². The lowest BCUT2D eigenvalue weighted by Crippen LogP contribution is -2.12. The summed E-state index contributed by atoms with van der Waals surface area (Å²) in [4.78, 5) is 0.112. The predicted octanol–water partition coefficient (Wildman–Crippen LogP) is 0.506. The second-order valence-corrected chi connectivity index (χ2v) is 5.27. The smallest absolute Gasteiger partial charge is 0.266 e. The fraction of sp³-hybridized carbons (Fsp3) is 0.333. The van der Waals surface area contributed by atoms with E-state index in [1.165, 1.54) is 17.1 Å². The molecule has 0 bridgehead atoms. The molecule has 2 heterocycles. The summed E-state index contributed by atoms with van der Waals surface area (Å²) in [6.07, 6.45) is 3.48. The number of aromatic amines is 1. The van der Waals surface area contributed by atoms with Crippen molar-refractivity contribution in [3.8, 4) is 0 Å². The zero-order chi connectivity index (χ0) is 12.5. The Morgan fingerprint density at radius 2 is 2.29 bits per heavy atom. The lowest BCUT2D eigenvalue weighted by molar-refractivity contribution is 0.601. The van der Waals surface area contributed by atoms with E-state index in [-0.39, 0.29) is 10.7 Å². The molecule has 0 aliphatic carbocycles. The Morgan fingerprint density at radius 3 is 2.82 bits per heavy atom. The quantitative estimate of drug-likeness (QED) is 0.832. The molecule has 2 aromatic rings. The van der Waals surface area contributed by atoms with Crippen LogP contribution in [-0.4, -0.2) is 28.4 Å². The average Bonchev–Trinajstić information content (AvgIpc) is 2.86. The van der Waals surface area contributed by atoms with Crippen molar-refractivity contribution < 1.29 is 8.42 Å². The van der Waals surface area contributed by atoms with E-state index in [0.717, 1.165) is 12.1 Å². The van der Waals surface area contributed by atoms with Gasteiger partial charge in [-0.3, -0.25) is 14.5 Å². The number of anilines is 1. The first-order chi connectivity index (χ1) is 8.01. The van der Waals surface area contributed by atoms with Gasteiger partial charge in [0.25, 0.3) is 10.0 Å². The predicted molar refractivity (Wildman–Crippen MR) is 62.0 cm³/mol. The molecule has 0 fully saturated rings. The van der Waals surface area contributed by atoms with Gasteiger partial charge in [0.15, 0.2) is 5.82 Å². The van der Waals surface area contributed by atoms with Gasteiger partial charge in [0.05, 0.1) is 6.20 Å². The fourth-order valence-electron chi connectivity index (χ4n) is 1.33. The van der Waals surface area contributed by atoms with Crippen molar-refractivity contribution in [2.24, 2.45) is 7.05 Å². The van der Waals surface area contributed by atoms with Gasteiger partial charge in [0.1, 0.15) is 4.90 Å². The summed E-state index contributed by atoms with van der Waals surface area (Å²) in [6, 6.07) is 1.66. The summed E-state index contributed by atoms with van der Waals surface area (Å²) in [5.41, 5.74) is 0.869. The SMILES string of the molecule is CCc1cc(NS(=O)(=O)c2cnn(C)c2)n[nH]1. The number of aryl methyl sites for hydroxylation is 2. The highest BCUT2D eigenvalue weighted by Gasteiger charge is 2.17. The number of nitrogens with zero attached hydrogens (tertiary/aromatic N) is 3. The number of H-pyrrole nitrogens is 1. The first-order valence-electron chi connectivity index (χ1n) is 5.07. The minimum atomic E-state index is -3.60. The molecule has 0 unspecified atom stereocenters. The molecule has 0 aromatic carbocycles. The molecule has 2 aromatic heterocycles. The Hall–Kier alpha value is -1.83. The third kappa shape index (κ3) is 2.47. The van der Waals surface area contributed by atoms with Crippen molar-refractivity contribution in [3.63, 3.8) is 0 Å². The molecule has 92 valence electrons. The minimum absolute atomic E-state index is 0.112. The fourth-order valence-corrected chi connectivity index (χ4v) is 2.30. The average molecular weight is 255 g/mol. The van der Waals surface area contributed by atoms with Crippen molar-refractivity contribution in [1.82, 2.24) is 20.0 Å². The molecule has 0 atom stereocenters. The Bertz CT molecular complexity index is 613. The van der Waals surface area contributed by atoms with E-state index in [2.05, 4.69) is 20.0 Å². The molecule has 0 saturated carbocycles. The van der Waals surface area contributed by atoms with Gasteiger partial charge >= 0.3 is 0 Å². The van der Waals surface area contributed by atoms with Gasteiger partial charge in [-0.05, 0) is 6.42 Å². The first-order valence-corrected chi connectivity index (χ1v) is 6.55. The van der Waals surface area contributed by atoms with Crippen LogP contribution in [0.15, 0.2) is 23.4 Å². The molecule has 0 amide bonds. The van der Waals surface area contributed by atoms with Gasteiger partial charge < -0.3 is 0 Å². The molecule has 2 N–H and O–H groups in total. The van der Waals surface area contributed by atoms with Crippen LogP contribution in [0, 0.1) is 0 Å². The van der Waals surface area contributed by atoms with Crippen LogP contribution in [0.5, 0.6) is 0 Å². The summed E-state index contributed by atoms with van der Waals surface area (Å²) in [5.74, 6) is 0.283. The van der Waals surface area contributed by atoms with E-state index >= 15 is 0 Å². The van der Waals surface area contributed by atoms with Gasteiger partial charge in [-0.15, -0.1) is 0 Å². The van der Waals surface area contributed by atoms with Gasteiger partial charge in [-0.1, -0.05) is 6.92 Å². The number of hydrogen-bond acceptors (Lipinski definition) is 4. The third-order valence-electron chi connectivity index (χ3n) is 2.24. The Labute approximate surface area is 98.9 Å². The van der Waals surface area contributed by atoms with Crippen LogP contribution >= 0.6 is 0 Å². The highest BCUT2D eigenvalue weighted by molar-refractivity contribution is 7.92. The highest BCUT2D eigenvalue weighted by Crippen LogP contribution is 2.13. The summed E-state index contributed by atoms with van der Waals surface area (Å²) in [6.45, 7) is 1.95. The van der Waals surface area contributed by atoms with E-state index in [4.69, 9.17) is 0 Å². The van der Waals surface area contributed by atoms with Crippen LogP contribution in [0.4, 0.5) is 5.82 Å². The lowest BCUT2D eigenvalue weighted by atomic mass is 10.3. The van der Waals surface area contributed by atoms with Crippen LogP contribution in [0.25, 0.3) is 0 Å². The van der Waals surface area contributed by atoms with Crippen molar-refractivity contribution >= 4 is 15.8 Å². The maximum atomic E-state index is 11.9. The Morgan fingerprint density at radius 1 is 1.53 bits per heavy atom. The van der Waals surface area contributed by atoms with E-state index in [9.17, 15) is 8.42 Å². The second kappa shape index (κ2) is 4.21. The largest absolute Gasteiger partial charge is 0.280 e. The van der Waals surface area contributed by atoms with Gasteiger partial charge in [-0.25, -0.2) is 8.42 Å². The number of nitrogens with one attached hydrogen (secondary N) is 2. The molecule has 7 nitrogen and oxygen atoms in total. The molecule has 0 aliphatic rings. The molecule has 0 aliphatic heterocycles. The monoisotopic (exact) mass is 255 g/mol. The van der Waals surface area contributed by atoms with Gasteiger partial charge in [0, 0.05) is 25.0 Å². The van der Waals surface area contributed by atoms with Crippen LogP contribution in [0.3, 0.4) is 0 Å². The van der Waals surface area contributed by atoms with Crippen molar-refractivity contribution in [2.45, 2.75) is 18.2 Å². The van der Waals surface area contributed by atoms with E-state index in [1.807, 2.05) is 6.92 Å². The molecule has 2 rings (SSSR count). The Kier molecular flexibility index (Phi) is 2.88. The maximum absolute atomic E-state index is 11.9. The maximum Gasteiger partial charge on any atom is 0.266 e. The lowest BCUT2D eigenvalue weighted by Gasteiger charge is -2.01. The highest BCUT2D eigenvalue weighted by atomic mass is 32.2. The van der Waals surface area contributed by atoms with Crippen molar-refractivity contribution in [2.75, 3.05) is 4.72 Å². The van der Waals surface area contributed by atoms with Crippen LogP contribution in [0.2, 0.25) is 0 Å². The number of rotatable bonds is 4. The summed E-state index contributed by atoms with van der Waals surface area (Å²) < 4.78 is 27.6. The summed E-state index contributed by atoms with van der Waals surface area (Å²) in [7, 11) is -1.95. The molecule has 0 saturated heterocycles. The molecule has 8 heteroatoms. The summed E-state index contributed by atoms with van der Waals surface area (Å²) >= 11 is 0. The molecule has 0 spiro atoms. The van der Waals surface area contributed by atoms with Crippen molar-refractivity contribution in [1.29, 1.82) is 0 Å². The number of hydrogen-bond donors (Lipinski definition) is 2. The topological polar surface area (TPSA) is 92.7 Å². The van der Waals surface area contributed by atoms with Gasteiger partial charge in [-0.2, -0.15) is 10.2 Å². The first kappa shape index (κ1) is 11.6. The summed E-state index contributed by atoms with van der Waals surface area (Å²) in [5, 5.41) is 10.4. The van der Waals surface area contributed by atoms with Crippen LogP contribution in [0.1, 0.15) is 12.6 Å². The van der Waals surface area contributed by atoms with Crippen LogP contribution in [-0.2, 0) is 23.5 Å². The molecule has 0 radical (unpaired) electrons. The van der Waals surface area contributed by atoms with Gasteiger partial charge in [0.2, 0.25) is 0 Å². The molecular weight excluding hydrogens is 242 g/mol. The zero-order valence-corrected chi connectivity index (χ0v) is 10.3. The minimum Gasteiger partial charge on any atom is -0.280 e. The third-order valence-corrected chi connectivity index (χ3v) is 3.55. The Balaban J connectivity index is 2.23. The normalized spacial score (nSPS) is 11.6. The van der Waals surface area contributed by atoms with E-state index < -0.39 is 10.0 Å². The van der Waals surface area contributed by atoms with E-state index in [0.29, 0.717) is 0 Å². The molecular formula is C9H13N5O2S. The van der Waals surface area contributed by atoms with Crippen LogP contribution < -0.4 is 4.72 Å².